The molecule has 1 heterocycles. The Morgan fingerprint density at radius 3 is 2.71 bits per heavy atom. The third kappa shape index (κ3) is 1.97. The zero-order chi connectivity index (χ0) is 11.8. The van der Waals surface area contributed by atoms with Gasteiger partial charge in [0.15, 0.2) is 5.82 Å². The van der Waals surface area contributed by atoms with Crippen LogP contribution in [-0.2, 0) is 0 Å². The van der Waals surface area contributed by atoms with E-state index in [1.54, 1.807) is 0 Å². The van der Waals surface area contributed by atoms with Gasteiger partial charge in [0, 0.05) is 5.92 Å². The van der Waals surface area contributed by atoms with E-state index >= 15 is 0 Å². The third-order valence-corrected chi connectivity index (χ3v) is 3.48. The van der Waals surface area contributed by atoms with Crippen LogP contribution < -0.4 is 0 Å². The molecule has 2 saturated carbocycles. The lowest BCUT2D eigenvalue weighted by Crippen LogP contribution is -1.93. The van der Waals surface area contributed by atoms with Gasteiger partial charge in [-0.1, -0.05) is 12.1 Å². The van der Waals surface area contributed by atoms with Crippen molar-refractivity contribution in [1.29, 1.82) is 5.26 Å². The summed E-state index contributed by atoms with van der Waals surface area (Å²) in [7, 11) is 0. The van der Waals surface area contributed by atoms with E-state index in [0.717, 1.165) is 25.1 Å². The summed E-state index contributed by atoms with van der Waals surface area (Å²) in [6.45, 7) is 2.09. The molecule has 0 bridgehead atoms. The summed E-state index contributed by atoms with van der Waals surface area (Å²) in [5.41, 5.74) is 1.81. The number of allylic oxidation sites excluding steroid dienone is 2. The summed E-state index contributed by atoms with van der Waals surface area (Å²) in [4.78, 5) is 4.36. The van der Waals surface area contributed by atoms with Crippen LogP contribution in [0.3, 0.4) is 0 Å². The van der Waals surface area contributed by atoms with Crippen LogP contribution in [-0.4, -0.2) is 10.1 Å². The Bertz CT molecular complexity index is 501. The predicted molar refractivity (Wildman–Crippen MR) is 61.8 cm³/mol. The minimum atomic E-state index is 0.429. The standard InChI is InChI=1S/C13H15N3O/c1-2-10(8-3-4-8)11(7-14)13-15-12(16-17-13)9-5-6-9/h8-9H,2-6H2,1H3. The summed E-state index contributed by atoms with van der Waals surface area (Å²) >= 11 is 0. The highest BCUT2D eigenvalue weighted by Crippen LogP contribution is 2.42. The first-order chi connectivity index (χ1) is 8.33. The second kappa shape index (κ2) is 3.99. The fourth-order valence-corrected chi connectivity index (χ4v) is 2.20. The van der Waals surface area contributed by atoms with Crippen LogP contribution in [0.4, 0.5) is 0 Å². The Morgan fingerprint density at radius 2 is 2.18 bits per heavy atom. The molecule has 0 saturated heterocycles. The molecule has 2 fully saturated rings. The van der Waals surface area contributed by atoms with Gasteiger partial charge in [-0.15, -0.1) is 0 Å². The number of rotatable bonds is 4. The average Bonchev–Trinajstić information content (AvgIpc) is 3.26. The van der Waals surface area contributed by atoms with Crippen LogP contribution in [0.15, 0.2) is 10.1 Å². The molecule has 17 heavy (non-hydrogen) atoms. The quantitative estimate of drug-likeness (QED) is 0.744. The van der Waals surface area contributed by atoms with E-state index in [0.29, 0.717) is 23.3 Å². The summed E-state index contributed by atoms with van der Waals surface area (Å²) in [6, 6.07) is 2.25. The topological polar surface area (TPSA) is 62.7 Å². The molecule has 1 aromatic rings. The average molecular weight is 229 g/mol. The number of hydrogen-bond acceptors (Lipinski definition) is 4. The van der Waals surface area contributed by atoms with E-state index in [1.165, 1.54) is 18.4 Å². The van der Waals surface area contributed by atoms with Crippen molar-refractivity contribution in [2.45, 2.75) is 44.9 Å². The Kier molecular flexibility index (Phi) is 2.47. The predicted octanol–water partition coefficient (Wildman–Crippen LogP) is 3.04. The molecule has 0 amide bonds. The Balaban J connectivity index is 1.95. The Hall–Kier alpha value is -1.63. The van der Waals surface area contributed by atoms with Gasteiger partial charge in [0.25, 0.3) is 5.89 Å². The molecule has 3 rings (SSSR count). The maximum atomic E-state index is 9.29. The normalized spacial score (nSPS) is 20.9. The molecule has 1 aromatic heterocycles. The van der Waals surface area contributed by atoms with Crippen molar-refractivity contribution in [2.75, 3.05) is 0 Å². The van der Waals surface area contributed by atoms with E-state index < -0.39 is 0 Å². The van der Waals surface area contributed by atoms with Gasteiger partial charge in [-0.3, -0.25) is 0 Å². The van der Waals surface area contributed by atoms with Crippen molar-refractivity contribution in [3.8, 4) is 6.07 Å². The largest absolute Gasteiger partial charge is 0.333 e. The number of aromatic nitrogens is 2. The highest BCUT2D eigenvalue weighted by atomic mass is 16.5. The smallest absolute Gasteiger partial charge is 0.268 e. The first kappa shape index (κ1) is 10.5. The van der Waals surface area contributed by atoms with Crippen molar-refractivity contribution in [1.82, 2.24) is 10.1 Å². The minimum absolute atomic E-state index is 0.429. The second-order valence-corrected chi connectivity index (χ2v) is 4.87. The van der Waals surface area contributed by atoms with Crippen molar-refractivity contribution in [3.05, 3.63) is 17.3 Å². The molecular weight excluding hydrogens is 214 g/mol. The summed E-state index contributed by atoms with van der Waals surface area (Å²) in [5, 5.41) is 13.3. The molecule has 4 heteroatoms. The van der Waals surface area contributed by atoms with Crippen LogP contribution in [0.2, 0.25) is 0 Å². The lowest BCUT2D eigenvalue weighted by molar-refractivity contribution is 0.401. The fraction of sp³-hybridized carbons (Fsp3) is 0.615. The third-order valence-electron chi connectivity index (χ3n) is 3.48. The molecule has 0 spiro atoms. The van der Waals surface area contributed by atoms with Crippen LogP contribution in [0.1, 0.15) is 56.7 Å². The van der Waals surface area contributed by atoms with E-state index in [4.69, 9.17) is 4.52 Å². The summed E-state index contributed by atoms with van der Waals surface area (Å²) < 4.78 is 5.24. The van der Waals surface area contributed by atoms with Crippen LogP contribution >= 0.6 is 0 Å². The van der Waals surface area contributed by atoms with Gasteiger partial charge >= 0.3 is 0 Å². The van der Waals surface area contributed by atoms with Crippen molar-refractivity contribution >= 4 is 5.57 Å². The number of nitrogens with zero attached hydrogens (tertiary/aromatic N) is 3. The van der Waals surface area contributed by atoms with Gasteiger partial charge in [0.1, 0.15) is 11.6 Å². The van der Waals surface area contributed by atoms with Gasteiger partial charge in [0.2, 0.25) is 0 Å². The van der Waals surface area contributed by atoms with Crippen LogP contribution in [0.5, 0.6) is 0 Å². The molecule has 0 radical (unpaired) electrons. The van der Waals surface area contributed by atoms with Gasteiger partial charge < -0.3 is 4.52 Å². The molecule has 0 N–H and O–H groups in total. The zero-order valence-corrected chi connectivity index (χ0v) is 9.94. The van der Waals surface area contributed by atoms with E-state index in [2.05, 4.69) is 23.1 Å². The maximum Gasteiger partial charge on any atom is 0.268 e. The zero-order valence-electron chi connectivity index (χ0n) is 9.94. The minimum Gasteiger partial charge on any atom is -0.333 e. The van der Waals surface area contributed by atoms with Crippen molar-refractivity contribution < 1.29 is 4.52 Å². The Labute approximate surface area is 100 Å². The highest BCUT2D eigenvalue weighted by Gasteiger charge is 2.32. The first-order valence-electron chi connectivity index (χ1n) is 6.30. The lowest BCUT2D eigenvalue weighted by Gasteiger charge is -2.02. The molecule has 4 nitrogen and oxygen atoms in total. The molecule has 0 aliphatic heterocycles. The van der Waals surface area contributed by atoms with E-state index in [1.807, 2.05) is 0 Å². The first-order valence-corrected chi connectivity index (χ1v) is 6.30. The Morgan fingerprint density at radius 1 is 1.41 bits per heavy atom. The molecule has 0 aromatic carbocycles. The van der Waals surface area contributed by atoms with Crippen LogP contribution in [0.25, 0.3) is 5.57 Å². The number of nitriles is 1. The van der Waals surface area contributed by atoms with Gasteiger partial charge in [-0.2, -0.15) is 10.2 Å². The molecular formula is C13H15N3O. The lowest BCUT2D eigenvalue weighted by atomic mass is 10.0. The SMILES string of the molecule is CCC(=C(C#N)c1nc(C2CC2)no1)C1CC1. The van der Waals surface area contributed by atoms with Gasteiger partial charge in [-0.05, 0) is 43.6 Å². The second-order valence-electron chi connectivity index (χ2n) is 4.87. The fourth-order valence-electron chi connectivity index (χ4n) is 2.20. The summed E-state index contributed by atoms with van der Waals surface area (Å²) in [6.07, 6.45) is 5.58. The highest BCUT2D eigenvalue weighted by molar-refractivity contribution is 5.75. The van der Waals surface area contributed by atoms with Gasteiger partial charge in [-0.25, -0.2) is 0 Å². The molecule has 0 atom stereocenters. The molecule has 2 aliphatic carbocycles. The molecule has 0 unspecified atom stereocenters. The molecule has 88 valence electrons. The molecule has 2 aliphatic rings. The van der Waals surface area contributed by atoms with Crippen LogP contribution in [0, 0.1) is 17.2 Å². The van der Waals surface area contributed by atoms with Gasteiger partial charge in [0.05, 0.1) is 0 Å². The maximum absolute atomic E-state index is 9.29. The van der Waals surface area contributed by atoms with E-state index in [-0.39, 0.29) is 0 Å². The van der Waals surface area contributed by atoms with E-state index in [9.17, 15) is 5.26 Å². The number of hydrogen-bond donors (Lipinski definition) is 0. The van der Waals surface area contributed by atoms with Crippen molar-refractivity contribution in [3.63, 3.8) is 0 Å². The monoisotopic (exact) mass is 229 g/mol. The summed E-state index contributed by atoms with van der Waals surface area (Å²) in [5.74, 6) is 2.25. The van der Waals surface area contributed by atoms with Crippen molar-refractivity contribution in [2.24, 2.45) is 5.92 Å².